The Balaban J connectivity index is 4.24. The standard InChI is InChI=1S/C9H17NO3/c1-7(2)5-9(13,6(11)12)8(3,4)10-7/h10,13H,5H2,1-4H3,(H,11,12)/i1D3,2D3,3D3,5D2/hD2. The third-order valence-corrected chi connectivity index (χ3v) is 1.75. The molecule has 76 valence electrons. The van der Waals surface area contributed by atoms with Crippen molar-refractivity contribution in [3.8, 4) is 0 Å². The van der Waals surface area contributed by atoms with Gasteiger partial charge in [0.05, 0.1) is 5.54 Å². The zero-order valence-electron chi connectivity index (χ0n) is 19.7. The molecule has 1 rings (SSSR count). The highest BCUT2D eigenvalue weighted by atomic mass is 16.4. The minimum absolute atomic E-state index is 0.445. The molecule has 0 radical (unpaired) electrons. The van der Waals surface area contributed by atoms with Gasteiger partial charge in [-0.15, -0.1) is 0 Å². The van der Waals surface area contributed by atoms with Gasteiger partial charge in [0.2, 0.25) is 0 Å². The van der Waals surface area contributed by atoms with Gasteiger partial charge in [0.25, 0.3) is 1.43 Å². The highest BCUT2D eigenvalue weighted by molar-refractivity contribution is 5.80. The average molecular weight is 200 g/mol. The van der Waals surface area contributed by atoms with Gasteiger partial charge in [-0.25, -0.2) is 4.79 Å². The first-order chi connectivity index (χ1) is 11.1. The lowest BCUT2D eigenvalue weighted by Gasteiger charge is -2.32. The van der Waals surface area contributed by atoms with E-state index in [1.54, 1.807) is 0 Å². The second-order valence-corrected chi connectivity index (χ2v) is 3.02. The number of rotatable bonds is 1. The van der Waals surface area contributed by atoms with E-state index in [2.05, 4.69) is 5.11 Å². The summed E-state index contributed by atoms with van der Waals surface area (Å²) in [6.45, 7) is -11.0. The van der Waals surface area contributed by atoms with Crippen molar-refractivity contribution < 1.29 is 31.5 Å². The molecule has 1 heterocycles. The van der Waals surface area contributed by atoms with Crippen LogP contribution in [0.5, 0.6) is 0 Å². The monoisotopic (exact) mass is 200 g/mol. The van der Waals surface area contributed by atoms with E-state index >= 15 is 0 Å². The Morgan fingerprint density at radius 3 is 2.92 bits per heavy atom. The van der Waals surface area contributed by atoms with Crippen LogP contribution in [0.2, 0.25) is 1.41 Å². The summed E-state index contributed by atoms with van der Waals surface area (Å²) in [5, 5.41) is 13.7. The number of hydrogen-bond donors (Lipinski definition) is 3. The molecule has 4 heteroatoms. The van der Waals surface area contributed by atoms with Crippen molar-refractivity contribution in [1.82, 2.24) is 5.31 Å². The highest BCUT2D eigenvalue weighted by Crippen LogP contribution is 2.39. The molecule has 1 aliphatic heterocycles. The predicted molar refractivity (Wildman–Crippen MR) is 48.5 cm³/mol. The van der Waals surface area contributed by atoms with E-state index in [0.717, 1.165) is 0 Å². The van der Waals surface area contributed by atoms with Crippen molar-refractivity contribution in [3.05, 3.63) is 0 Å². The van der Waals surface area contributed by atoms with Crippen LogP contribution < -0.4 is 5.31 Å². The summed E-state index contributed by atoms with van der Waals surface area (Å²) < 4.78 is 98.7. The third-order valence-electron chi connectivity index (χ3n) is 1.75. The van der Waals surface area contributed by atoms with E-state index in [4.69, 9.17) is 17.9 Å². The SMILES string of the molecule is [2H]OC(=O)C1(O)C([2H])([2H])C(C([2H])([2H])[2H])(C([2H])([2H])[2H])N([2H])C1(C)C([2H])([2H])[2H]. The Bertz CT molecular complexity index is 581. The second-order valence-electron chi connectivity index (χ2n) is 3.02. The molecule has 2 atom stereocenters. The Kier molecular flexibility index (Phi) is 0.470. The van der Waals surface area contributed by atoms with Crippen molar-refractivity contribution in [1.29, 1.82) is 1.43 Å². The molecule has 13 heavy (non-hydrogen) atoms. The maximum Gasteiger partial charge on any atom is 0.337 e. The lowest BCUT2D eigenvalue weighted by Crippen LogP contribution is -2.57. The van der Waals surface area contributed by atoms with Crippen molar-refractivity contribution >= 4 is 5.97 Å². The summed E-state index contributed by atoms with van der Waals surface area (Å²) in [5.74, 6) is -2.24. The van der Waals surface area contributed by atoms with Crippen LogP contribution in [0.4, 0.5) is 0 Å². The van der Waals surface area contributed by atoms with Gasteiger partial charge in [0, 0.05) is 27.0 Å². The van der Waals surface area contributed by atoms with E-state index in [1.165, 1.54) is 0 Å². The van der Waals surface area contributed by atoms with Crippen LogP contribution in [0.15, 0.2) is 0 Å². The van der Waals surface area contributed by atoms with Crippen molar-refractivity contribution in [2.45, 2.75) is 50.5 Å². The van der Waals surface area contributed by atoms with Crippen molar-refractivity contribution in [2.24, 2.45) is 0 Å². The molecular formula is C9H17NO3. The summed E-state index contributed by atoms with van der Waals surface area (Å²) in [5.41, 5.74) is -11.3. The summed E-state index contributed by atoms with van der Waals surface area (Å²) in [4.78, 5) is 12.1. The van der Waals surface area contributed by atoms with E-state index < -0.39 is 54.9 Å². The predicted octanol–water partition coefficient (Wildman–Crippen LogP) is 0.353. The summed E-state index contributed by atoms with van der Waals surface area (Å²) >= 11 is 0. The largest absolute Gasteiger partial charge is 0.479 e. The van der Waals surface area contributed by atoms with E-state index in [-0.39, 0.29) is 0 Å². The normalized spacial score (nSPS) is 66.2. The maximum absolute atomic E-state index is 12.1. The van der Waals surface area contributed by atoms with Crippen LogP contribution in [0, 0.1) is 0 Å². The van der Waals surface area contributed by atoms with E-state index in [1.807, 2.05) is 0 Å². The molecule has 0 aromatic heterocycles. The molecule has 0 spiro atoms. The minimum atomic E-state index is -4.07. The molecule has 1 fully saturated rings. The number of carboxylic acid groups (broad SMARTS) is 1. The van der Waals surface area contributed by atoms with Gasteiger partial charge in [-0.05, 0) is 27.5 Å². The number of aliphatic hydroxyl groups is 1. The molecule has 0 bridgehead atoms. The highest BCUT2D eigenvalue weighted by Gasteiger charge is 2.59. The van der Waals surface area contributed by atoms with E-state index in [9.17, 15) is 9.90 Å². The first-order valence-electron chi connectivity index (χ1n) is 9.68. The molecule has 1 saturated heterocycles. The van der Waals surface area contributed by atoms with Crippen LogP contribution in [-0.4, -0.2) is 32.9 Å². The van der Waals surface area contributed by atoms with Crippen LogP contribution in [0.3, 0.4) is 0 Å². The molecule has 0 amide bonds. The van der Waals surface area contributed by atoms with Gasteiger partial charge in [0.15, 0.2) is 5.60 Å². The molecule has 1 aliphatic rings. The minimum Gasteiger partial charge on any atom is -0.479 e. The molecule has 0 aromatic rings. The molecule has 3 N–H and O–H groups in total. The molecule has 2 unspecified atom stereocenters. The summed E-state index contributed by atoms with van der Waals surface area (Å²) in [7, 11) is 0. The topological polar surface area (TPSA) is 69.6 Å². The Morgan fingerprint density at radius 1 is 1.77 bits per heavy atom. The quantitative estimate of drug-likeness (QED) is 0.571. The molecule has 0 aromatic carbocycles. The number of carboxylic acids is 1. The van der Waals surface area contributed by atoms with Gasteiger partial charge < -0.3 is 15.5 Å². The molecule has 0 aliphatic carbocycles. The smallest absolute Gasteiger partial charge is 0.337 e. The molecular weight excluding hydrogens is 170 g/mol. The fourth-order valence-corrected chi connectivity index (χ4v) is 1.08. The van der Waals surface area contributed by atoms with Gasteiger partial charge in [-0.3, -0.25) is 0 Å². The first kappa shape index (κ1) is 2.49. The lowest BCUT2D eigenvalue weighted by atomic mass is 9.82. The third kappa shape index (κ3) is 1.44. The first-order valence-corrected chi connectivity index (χ1v) is 3.33. The number of aliphatic carboxylic acids is 1. The van der Waals surface area contributed by atoms with Crippen LogP contribution in [-0.2, 0) is 4.79 Å². The van der Waals surface area contributed by atoms with Gasteiger partial charge in [0.1, 0.15) is 1.41 Å². The lowest BCUT2D eigenvalue weighted by molar-refractivity contribution is -0.163. The second kappa shape index (κ2) is 2.45. The number of nitrogens with one attached hydrogen (secondary N) is 1. The van der Waals surface area contributed by atoms with Crippen LogP contribution in [0.1, 0.15) is 48.9 Å². The van der Waals surface area contributed by atoms with Gasteiger partial charge >= 0.3 is 5.97 Å². The van der Waals surface area contributed by atoms with Crippen LogP contribution >= 0.6 is 0 Å². The Labute approximate surface area is 96.4 Å². The molecule has 0 saturated carbocycles. The average Bonchev–Trinajstić information content (AvgIpc) is 2.50. The molecule has 4 nitrogen and oxygen atoms in total. The Morgan fingerprint density at radius 2 is 2.46 bits per heavy atom. The maximum atomic E-state index is 12.1. The summed E-state index contributed by atoms with van der Waals surface area (Å²) in [6.07, 6.45) is -4.07. The van der Waals surface area contributed by atoms with Crippen molar-refractivity contribution in [2.75, 3.05) is 0 Å². The Hall–Kier alpha value is -0.610. The van der Waals surface area contributed by atoms with E-state index in [0.29, 0.717) is 6.92 Å². The fraction of sp³-hybridized carbons (Fsp3) is 0.889. The summed E-state index contributed by atoms with van der Waals surface area (Å²) in [6, 6.07) is 0. The van der Waals surface area contributed by atoms with Gasteiger partial charge in [-0.1, -0.05) is 0 Å². The number of hydrogen-bond acceptors (Lipinski definition) is 4. The zero-order chi connectivity index (χ0) is 21.4. The zero-order valence-corrected chi connectivity index (χ0v) is 6.71. The fourth-order valence-electron chi connectivity index (χ4n) is 1.08. The van der Waals surface area contributed by atoms with Crippen LogP contribution in [0.25, 0.3) is 1.43 Å². The van der Waals surface area contributed by atoms with Gasteiger partial charge in [-0.2, -0.15) is 0 Å². The van der Waals surface area contributed by atoms with Crippen molar-refractivity contribution in [3.63, 3.8) is 0 Å². The number of carbonyl (C=O) groups is 1.